The van der Waals surface area contributed by atoms with Crippen molar-refractivity contribution in [1.82, 2.24) is 44.9 Å². The van der Waals surface area contributed by atoms with E-state index < -0.39 is 30.0 Å². The van der Waals surface area contributed by atoms with Crippen molar-refractivity contribution >= 4 is 34.9 Å². The third-order valence-electron chi connectivity index (χ3n) is 12.3. The Labute approximate surface area is 354 Å². The van der Waals surface area contributed by atoms with Crippen molar-refractivity contribution in [1.29, 1.82) is 0 Å². The lowest BCUT2D eigenvalue weighted by Crippen LogP contribution is -2.51. The molecule has 16 nitrogen and oxygen atoms in total. The first-order chi connectivity index (χ1) is 29.2. The molecule has 61 heavy (non-hydrogen) atoms. The van der Waals surface area contributed by atoms with E-state index >= 15 is 0 Å². The third kappa shape index (κ3) is 7.67. The van der Waals surface area contributed by atoms with Crippen LogP contribution in [0.3, 0.4) is 0 Å². The Morgan fingerprint density at radius 3 is 1.77 bits per heavy atom. The molecule has 0 saturated carbocycles. The zero-order chi connectivity index (χ0) is 43.3. The number of carbonyl (C=O) groups is 4. The van der Waals surface area contributed by atoms with Crippen molar-refractivity contribution in [2.75, 3.05) is 27.3 Å². The van der Waals surface area contributed by atoms with Crippen LogP contribution in [0.25, 0.3) is 44.7 Å². The van der Waals surface area contributed by atoms with E-state index in [1.54, 1.807) is 11.1 Å². The zero-order valence-electron chi connectivity index (χ0n) is 36.0. The molecule has 8 rings (SSSR count). The molecule has 0 radical (unpaired) electrons. The van der Waals surface area contributed by atoms with E-state index in [-0.39, 0.29) is 35.7 Å². The predicted octanol–water partition coefficient (Wildman–Crippen LogP) is 7.26. The smallest absolute Gasteiger partial charge is 0.407 e. The number of rotatable bonds is 10. The molecule has 5 aromatic rings. The van der Waals surface area contributed by atoms with E-state index in [9.17, 15) is 19.2 Å². The molecule has 4 atom stereocenters. The summed E-state index contributed by atoms with van der Waals surface area (Å²) in [5, 5.41) is 6.46. The van der Waals surface area contributed by atoms with Gasteiger partial charge in [0, 0.05) is 35.2 Å². The maximum atomic E-state index is 13.7. The van der Waals surface area contributed by atoms with E-state index in [1.165, 1.54) is 14.2 Å². The number of aromatic amines is 2. The SMILES string of the molecule is COC(=O)N[C@H](C(=O)N1CCC[C@H]1c1ncc(-c2ccc3c(c2)OC(C)(C)n2c-3cc3cc(-c4cnc([C@@H]5CCCN5C(=O)[C@@H](NC(=O)OC)C(C)C)[nH]4)ccc32)[nH]1)C(C)C. The predicted molar refractivity (Wildman–Crippen MR) is 228 cm³/mol. The lowest BCUT2D eigenvalue weighted by Gasteiger charge is -2.36. The molecule has 4 amide bonds. The van der Waals surface area contributed by atoms with E-state index in [0.717, 1.165) is 76.1 Å². The van der Waals surface area contributed by atoms with Crippen LogP contribution in [0.5, 0.6) is 5.75 Å². The van der Waals surface area contributed by atoms with Crippen LogP contribution >= 0.6 is 0 Å². The molecule has 0 aliphatic carbocycles. The molecular weight excluding hydrogens is 779 g/mol. The van der Waals surface area contributed by atoms with Crippen LogP contribution in [-0.2, 0) is 24.8 Å². The highest BCUT2D eigenvalue weighted by molar-refractivity contribution is 5.93. The number of nitrogens with zero attached hydrogens (tertiary/aromatic N) is 5. The van der Waals surface area contributed by atoms with Gasteiger partial charge in [-0.05, 0) is 81.7 Å². The number of hydrogen-bond acceptors (Lipinski definition) is 9. The minimum atomic E-state index is -0.713. The summed E-state index contributed by atoms with van der Waals surface area (Å²) >= 11 is 0. The molecule has 4 N–H and O–H groups in total. The zero-order valence-corrected chi connectivity index (χ0v) is 36.0. The number of amides is 4. The molecule has 6 heterocycles. The molecule has 16 heteroatoms. The molecule has 0 unspecified atom stereocenters. The monoisotopic (exact) mass is 833 g/mol. The van der Waals surface area contributed by atoms with Gasteiger partial charge in [0.2, 0.25) is 11.8 Å². The average Bonchev–Trinajstić information content (AvgIpc) is 4.09. The van der Waals surface area contributed by atoms with Crippen molar-refractivity contribution in [3.05, 3.63) is 66.5 Å². The van der Waals surface area contributed by atoms with Crippen LogP contribution in [0, 0.1) is 11.8 Å². The fraction of sp³-hybridized carbons (Fsp3) is 0.467. The van der Waals surface area contributed by atoms with E-state index in [1.807, 2.05) is 44.9 Å². The number of hydrogen-bond donors (Lipinski definition) is 4. The van der Waals surface area contributed by atoms with Gasteiger partial charge < -0.3 is 49.2 Å². The number of methoxy groups -OCH3 is 2. The lowest BCUT2D eigenvalue weighted by atomic mass is 10.0. The second-order valence-electron chi connectivity index (χ2n) is 17.4. The number of benzene rings is 2. The van der Waals surface area contributed by atoms with Gasteiger partial charge in [0.05, 0.1) is 61.3 Å². The number of carbonyl (C=O) groups excluding carboxylic acids is 4. The summed E-state index contributed by atoms with van der Waals surface area (Å²) in [6, 6.07) is 12.8. The molecular formula is C45H55N9O7. The van der Waals surface area contributed by atoms with Gasteiger partial charge in [-0.15, -0.1) is 0 Å². The number of nitrogens with one attached hydrogen (secondary N) is 4. The largest absolute Gasteiger partial charge is 0.467 e. The molecule has 3 aromatic heterocycles. The Morgan fingerprint density at radius 2 is 1.26 bits per heavy atom. The number of likely N-dealkylation sites (tertiary alicyclic amines) is 2. The van der Waals surface area contributed by atoms with Gasteiger partial charge in [0.1, 0.15) is 29.5 Å². The van der Waals surface area contributed by atoms with Crippen LogP contribution in [-0.4, -0.2) is 97.7 Å². The van der Waals surface area contributed by atoms with E-state index in [4.69, 9.17) is 24.2 Å². The normalized spacial score (nSPS) is 19.0. The summed E-state index contributed by atoms with van der Waals surface area (Å²) in [5.74, 6) is 1.61. The Bertz CT molecular complexity index is 2480. The minimum Gasteiger partial charge on any atom is -0.467 e. The number of ether oxygens (including phenoxy) is 3. The summed E-state index contributed by atoms with van der Waals surface area (Å²) < 4.78 is 18.5. The quantitative estimate of drug-likeness (QED) is 0.112. The summed E-state index contributed by atoms with van der Waals surface area (Å²) in [6.07, 6.45) is 5.54. The Kier molecular flexibility index (Phi) is 11.0. The highest BCUT2D eigenvalue weighted by Crippen LogP contribution is 2.46. The summed E-state index contributed by atoms with van der Waals surface area (Å²) in [5.41, 5.74) is 5.82. The highest BCUT2D eigenvalue weighted by Gasteiger charge is 2.40. The van der Waals surface area contributed by atoms with Crippen LogP contribution < -0.4 is 15.4 Å². The number of imidazole rings is 2. The molecule has 322 valence electrons. The number of aromatic nitrogens is 5. The minimum absolute atomic E-state index is 0.120. The molecule has 3 aliphatic heterocycles. The highest BCUT2D eigenvalue weighted by atomic mass is 16.5. The Balaban J connectivity index is 1.03. The number of H-pyrrole nitrogens is 2. The maximum Gasteiger partial charge on any atom is 0.407 e. The summed E-state index contributed by atoms with van der Waals surface area (Å²) in [6.45, 7) is 12.9. The molecule has 3 aliphatic rings. The van der Waals surface area contributed by atoms with E-state index in [0.29, 0.717) is 24.7 Å². The second kappa shape index (κ2) is 16.3. The van der Waals surface area contributed by atoms with Gasteiger partial charge in [0.25, 0.3) is 0 Å². The molecule has 2 fully saturated rings. The van der Waals surface area contributed by atoms with Gasteiger partial charge in [-0.25, -0.2) is 19.6 Å². The number of fused-ring (bicyclic) bond motifs is 5. The van der Waals surface area contributed by atoms with Crippen molar-refractivity contribution in [2.45, 2.75) is 97.1 Å². The van der Waals surface area contributed by atoms with Crippen molar-refractivity contribution in [3.63, 3.8) is 0 Å². The summed E-state index contributed by atoms with van der Waals surface area (Å²) in [7, 11) is 2.58. The lowest BCUT2D eigenvalue weighted by molar-refractivity contribution is -0.136. The first kappa shape index (κ1) is 41.4. The third-order valence-corrected chi connectivity index (χ3v) is 12.3. The molecule has 2 aromatic carbocycles. The molecule has 2 saturated heterocycles. The fourth-order valence-electron chi connectivity index (χ4n) is 9.15. The molecule has 0 bridgehead atoms. The van der Waals surface area contributed by atoms with Gasteiger partial charge in [-0.3, -0.25) is 9.59 Å². The van der Waals surface area contributed by atoms with E-state index in [2.05, 4.69) is 75.4 Å². The topological polar surface area (TPSA) is 189 Å². The molecule has 0 spiro atoms. The second-order valence-corrected chi connectivity index (χ2v) is 17.4. The maximum absolute atomic E-state index is 13.7. The van der Waals surface area contributed by atoms with Gasteiger partial charge in [-0.2, -0.15) is 0 Å². The standard InChI is InChI=1S/C45H55N9O7/c1-24(2)37(50-43(57)59-7)41(55)52-17-9-11-33(52)39-46-22-30(48-39)26-14-16-32-28(19-26)20-35-29-15-13-27(21-36(29)61-45(5,6)54(32)35)31-23-47-40(49-31)34-12-10-18-53(34)42(56)38(25(3)4)51-44(58)60-8/h13-16,19-25,33-34,37-38H,9-12,17-18H2,1-8H3,(H,46,48)(H,47,49)(H,50,57)(H,51,58)/t33-,34-,37-,38-/m0/s1. The van der Waals surface area contributed by atoms with Crippen molar-refractivity contribution in [2.24, 2.45) is 11.8 Å². The average molecular weight is 834 g/mol. The first-order valence-corrected chi connectivity index (χ1v) is 21.1. The Hall–Kier alpha value is -6.32. The summed E-state index contributed by atoms with van der Waals surface area (Å²) in [4.78, 5) is 71.6. The van der Waals surface area contributed by atoms with Crippen LogP contribution in [0.2, 0.25) is 0 Å². The Morgan fingerprint density at radius 1 is 0.754 bits per heavy atom. The first-order valence-electron chi connectivity index (χ1n) is 21.1. The van der Waals surface area contributed by atoms with Crippen molar-refractivity contribution in [3.8, 4) is 39.5 Å². The van der Waals surface area contributed by atoms with Crippen LogP contribution in [0.4, 0.5) is 9.59 Å². The van der Waals surface area contributed by atoms with Gasteiger partial charge >= 0.3 is 12.2 Å². The van der Waals surface area contributed by atoms with Gasteiger partial charge in [-0.1, -0.05) is 39.8 Å². The van der Waals surface area contributed by atoms with Crippen LogP contribution in [0.15, 0.2) is 54.9 Å². The number of alkyl carbamates (subject to hydrolysis) is 2. The van der Waals surface area contributed by atoms with Crippen molar-refractivity contribution < 1.29 is 33.4 Å². The van der Waals surface area contributed by atoms with Crippen LogP contribution in [0.1, 0.15) is 91.0 Å². The van der Waals surface area contributed by atoms with Gasteiger partial charge in [0.15, 0.2) is 5.72 Å². The fourth-order valence-corrected chi connectivity index (χ4v) is 9.15.